The minimum atomic E-state index is -0.661. The van der Waals surface area contributed by atoms with Gasteiger partial charge in [0.2, 0.25) is 0 Å². The number of carbonyl (C=O) groups excluding carboxylic acids is 1. The largest absolute Gasteiger partial charge is 0.364 e. The Labute approximate surface area is 62.6 Å². The number of anilines is 1. The van der Waals surface area contributed by atoms with E-state index < -0.39 is 5.91 Å². The van der Waals surface area contributed by atoms with E-state index in [0.717, 1.165) is 0 Å². The molecule has 1 rings (SSSR count). The van der Waals surface area contributed by atoms with E-state index in [9.17, 15) is 4.79 Å². The highest BCUT2D eigenvalue weighted by atomic mass is 16.1. The molecule has 1 amide bonds. The van der Waals surface area contributed by atoms with Crippen LogP contribution in [0.1, 0.15) is 10.5 Å². The maximum Gasteiger partial charge on any atom is 0.271 e. The number of nitrogen functional groups attached to an aromatic ring is 1. The molecule has 1 aromatic heterocycles. The topological polar surface area (TPSA) is 107 Å². The summed E-state index contributed by atoms with van der Waals surface area (Å²) < 4.78 is 0. The molecule has 0 aliphatic rings. The monoisotopic (exact) mass is 153 g/mol. The first-order chi connectivity index (χ1) is 5.25. The number of nitrogens with two attached hydrogens (primary N) is 2. The van der Waals surface area contributed by atoms with Crippen molar-refractivity contribution >= 4 is 11.7 Å². The van der Waals surface area contributed by atoms with Gasteiger partial charge in [-0.05, 0) is 0 Å². The van der Waals surface area contributed by atoms with Crippen molar-refractivity contribution in [2.75, 3.05) is 5.43 Å². The van der Waals surface area contributed by atoms with Crippen LogP contribution in [0.4, 0.5) is 5.82 Å². The zero-order chi connectivity index (χ0) is 8.27. The van der Waals surface area contributed by atoms with Crippen molar-refractivity contribution in [2.45, 2.75) is 0 Å². The van der Waals surface area contributed by atoms with Gasteiger partial charge in [-0.3, -0.25) is 4.79 Å². The number of primary amides is 1. The molecule has 0 aliphatic carbocycles. The lowest BCUT2D eigenvalue weighted by atomic mass is 10.4. The van der Waals surface area contributed by atoms with E-state index in [2.05, 4.69) is 15.4 Å². The van der Waals surface area contributed by atoms with Crippen molar-refractivity contribution in [1.82, 2.24) is 9.97 Å². The van der Waals surface area contributed by atoms with Crippen LogP contribution in [-0.4, -0.2) is 15.9 Å². The van der Waals surface area contributed by atoms with Gasteiger partial charge in [-0.15, -0.1) is 0 Å². The van der Waals surface area contributed by atoms with Gasteiger partial charge >= 0.3 is 0 Å². The Bertz CT molecular complexity index is 273. The molecule has 0 radical (unpaired) electrons. The standard InChI is InChI=1S/C5H7N5O/c6-4(11)3-5(10-7)9-2-1-8-3/h1-2H,7H2,(H2,6,11)(H,9,10). The molecule has 0 saturated heterocycles. The third kappa shape index (κ3) is 1.41. The molecule has 0 unspecified atom stereocenters. The number of hydrogen-bond donors (Lipinski definition) is 3. The Morgan fingerprint density at radius 3 is 2.55 bits per heavy atom. The molecule has 1 heterocycles. The Kier molecular flexibility index (Phi) is 1.98. The Hall–Kier alpha value is -1.69. The van der Waals surface area contributed by atoms with Gasteiger partial charge in [0.1, 0.15) is 0 Å². The first kappa shape index (κ1) is 7.42. The molecule has 0 saturated carbocycles. The fourth-order valence-electron chi connectivity index (χ4n) is 0.624. The first-order valence-electron chi connectivity index (χ1n) is 2.83. The molecule has 5 N–H and O–H groups in total. The second-order valence-corrected chi connectivity index (χ2v) is 1.76. The second-order valence-electron chi connectivity index (χ2n) is 1.76. The highest BCUT2D eigenvalue weighted by Gasteiger charge is 2.07. The number of nitrogens with one attached hydrogen (secondary N) is 1. The quantitative estimate of drug-likeness (QED) is 0.367. The van der Waals surface area contributed by atoms with Crippen molar-refractivity contribution < 1.29 is 4.79 Å². The van der Waals surface area contributed by atoms with E-state index in [-0.39, 0.29) is 11.5 Å². The highest BCUT2D eigenvalue weighted by molar-refractivity contribution is 5.95. The molecule has 6 nitrogen and oxygen atoms in total. The molecule has 6 heteroatoms. The predicted molar refractivity (Wildman–Crippen MR) is 38.4 cm³/mol. The Morgan fingerprint density at radius 1 is 1.45 bits per heavy atom. The smallest absolute Gasteiger partial charge is 0.271 e. The number of rotatable bonds is 2. The van der Waals surface area contributed by atoms with Crippen molar-refractivity contribution in [3.63, 3.8) is 0 Å². The molecular weight excluding hydrogens is 146 g/mol. The lowest BCUT2D eigenvalue weighted by molar-refractivity contribution is 0.0996. The highest BCUT2D eigenvalue weighted by Crippen LogP contribution is 2.03. The van der Waals surface area contributed by atoms with Crippen molar-refractivity contribution in [2.24, 2.45) is 11.6 Å². The summed E-state index contributed by atoms with van der Waals surface area (Å²) in [7, 11) is 0. The van der Waals surface area contributed by atoms with Crippen molar-refractivity contribution in [3.05, 3.63) is 18.1 Å². The molecule has 0 spiro atoms. The summed E-state index contributed by atoms with van der Waals surface area (Å²) in [5, 5.41) is 0. The average Bonchev–Trinajstić information content (AvgIpc) is 2.04. The third-order valence-electron chi connectivity index (χ3n) is 1.07. The summed E-state index contributed by atoms with van der Waals surface area (Å²) in [6.07, 6.45) is 2.77. The van der Waals surface area contributed by atoms with E-state index in [1.807, 2.05) is 0 Å². The van der Waals surface area contributed by atoms with Crippen LogP contribution in [-0.2, 0) is 0 Å². The number of nitrogens with zero attached hydrogens (tertiary/aromatic N) is 2. The summed E-state index contributed by atoms with van der Waals surface area (Å²) in [4.78, 5) is 18.0. The molecule has 11 heavy (non-hydrogen) atoms. The second kappa shape index (κ2) is 2.93. The minimum absolute atomic E-state index is 0.0370. The molecule has 58 valence electrons. The van der Waals surface area contributed by atoms with Gasteiger partial charge in [-0.2, -0.15) is 0 Å². The number of carbonyl (C=O) groups is 1. The minimum Gasteiger partial charge on any atom is -0.364 e. The van der Waals surface area contributed by atoms with Gasteiger partial charge in [0, 0.05) is 12.4 Å². The van der Waals surface area contributed by atoms with Crippen LogP contribution < -0.4 is 17.0 Å². The predicted octanol–water partition coefficient (Wildman–Crippen LogP) is -1.14. The van der Waals surface area contributed by atoms with Crippen molar-refractivity contribution in [1.29, 1.82) is 0 Å². The maximum atomic E-state index is 10.6. The number of hydrogen-bond acceptors (Lipinski definition) is 5. The van der Waals surface area contributed by atoms with Crippen LogP contribution in [0, 0.1) is 0 Å². The lowest BCUT2D eigenvalue weighted by Gasteiger charge is -2.00. The first-order valence-corrected chi connectivity index (χ1v) is 2.83. The van der Waals surface area contributed by atoms with Crippen LogP contribution >= 0.6 is 0 Å². The summed E-state index contributed by atoms with van der Waals surface area (Å²) in [6.45, 7) is 0. The van der Waals surface area contributed by atoms with Crippen LogP contribution in [0.2, 0.25) is 0 Å². The zero-order valence-corrected chi connectivity index (χ0v) is 5.61. The fraction of sp³-hybridized carbons (Fsp3) is 0. The Morgan fingerprint density at radius 2 is 2.09 bits per heavy atom. The lowest BCUT2D eigenvalue weighted by Crippen LogP contribution is -2.19. The molecular formula is C5H7N5O. The van der Waals surface area contributed by atoms with Gasteiger partial charge in [0.15, 0.2) is 11.5 Å². The summed E-state index contributed by atoms with van der Waals surface area (Å²) in [6, 6.07) is 0. The molecule has 0 bridgehead atoms. The van der Waals surface area contributed by atoms with E-state index in [1.54, 1.807) is 0 Å². The van der Waals surface area contributed by atoms with E-state index in [0.29, 0.717) is 0 Å². The average molecular weight is 153 g/mol. The SMILES string of the molecule is NNc1nccnc1C(N)=O. The van der Waals surface area contributed by atoms with Gasteiger partial charge in [0.25, 0.3) is 5.91 Å². The molecule has 0 atom stereocenters. The molecule has 0 aromatic carbocycles. The number of amides is 1. The summed E-state index contributed by atoms with van der Waals surface area (Å²) >= 11 is 0. The van der Waals surface area contributed by atoms with E-state index >= 15 is 0 Å². The number of hydrazine groups is 1. The van der Waals surface area contributed by atoms with Gasteiger partial charge in [0.05, 0.1) is 0 Å². The van der Waals surface area contributed by atoms with Crippen LogP contribution in [0.3, 0.4) is 0 Å². The number of aromatic nitrogens is 2. The molecule has 0 fully saturated rings. The molecule has 0 aliphatic heterocycles. The van der Waals surface area contributed by atoms with Crippen LogP contribution in [0.15, 0.2) is 12.4 Å². The van der Waals surface area contributed by atoms with Crippen molar-refractivity contribution in [3.8, 4) is 0 Å². The molecule has 1 aromatic rings. The summed E-state index contributed by atoms with van der Waals surface area (Å²) in [5.41, 5.74) is 7.19. The van der Waals surface area contributed by atoms with Gasteiger partial charge < -0.3 is 11.2 Å². The fourth-order valence-corrected chi connectivity index (χ4v) is 0.624. The Balaban J connectivity index is 3.12. The van der Waals surface area contributed by atoms with E-state index in [1.165, 1.54) is 12.4 Å². The third-order valence-corrected chi connectivity index (χ3v) is 1.07. The van der Waals surface area contributed by atoms with E-state index in [4.69, 9.17) is 11.6 Å². The maximum absolute atomic E-state index is 10.6. The zero-order valence-electron chi connectivity index (χ0n) is 5.61. The normalized spacial score (nSPS) is 9.18. The van der Waals surface area contributed by atoms with Gasteiger partial charge in [-0.25, -0.2) is 15.8 Å². The van der Waals surface area contributed by atoms with Crippen LogP contribution in [0.25, 0.3) is 0 Å². The van der Waals surface area contributed by atoms with Crippen LogP contribution in [0.5, 0.6) is 0 Å². The van der Waals surface area contributed by atoms with Gasteiger partial charge in [-0.1, -0.05) is 0 Å². The summed E-state index contributed by atoms with van der Waals surface area (Å²) in [5.74, 6) is 4.55.